The van der Waals surface area contributed by atoms with Crippen LogP contribution < -0.4 is 20.3 Å². The molecule has 0 saturated heterocycles. The number of imide groups is 1. The number of aromatic carboxylic acids is 1. The Morgan fingerprint density at radius 1 is 0.917 bits per heavy atom. The van der Waals surface area contributed by atoms with Gasteiger partial charge in [0.25, 0.3) is 17.7 Å². The standard InChI is InChI=1S/C26H20ClN3O6/c1-14-3-4-16(23(31)28-17-7-5-15(6-8-17)26(34)35)13-20(14)29-22-21(27)24(32)30(25(22)33)18-9-11-19(36-2)12-10-18/h3-13,29H,1-2H3,(H,28,31)(H,34,35). The van der Waals surface area contributed by atoms with E-state index in [0.29, 0.717) is 28.4 Å². The number of carboxylic acids is 1. The first-order valence-corrected chi connectivity index (χ1v) is 11.0. The average molecular weight is 506 g/mol. The van der Waals surface area contributed by atoms with Crippen LogP contribution in [0.3, 0.4) is 0 Å². The second-order valence-corrected chi connectivity index (χ2v) is 8.20. The quantitative estimate of drug-likeness (QED) is 0.407. The van der Waals surface area contributed by atoms with Gasteiger partial charge in [0.15, 0.2) is 0 Å². The van der Waals surface area contributed by atoms with E-state index < -0.39 is 23.7 Å². The molecule has 0 radical (unpaired) electrons. The van der Waals surface area contributed by atoms with Gasteiger partial charge in [-0.15, -0.1) is 0 Å². The Bertz CT molecular complexity index is 1410. The summed E-state index contributed by atoms with van der Waals surface area (Å²) >= 11 is 6.23. The molecule has 1 heterocycles. The van der Waals surface area contributed by atoms with E-state index in [2.05, 4.69) is 10.6 Å². The van der Waals surface area contributed by atoms with Gasteiger partial charge in [0.2, 0.25) is 0 Å². The van der Waals surface area contributed by atoms with E-state index >= 15 is 0 Å². The van der Waals surface area contributed by atoms with Crippen LogP contribution in [0.2, 0.25) is 0 Å². The summed E-state index contributed by atoms with van der Waals surface area (Å²) in [4.78, 5) is 50.6. The highest BCUT2D eigenvalue weighted by molar-refractivity contribution is 6.53. The second-order valence-electron chi connectivity index (χ2n) is 7.82. The molecule has 1 aliphatic heterocycles. The highest BCUT2D eigenvalue weighted by atomic mass is 35.5. The van der Waals surface area contributed by atoms with Crippen molar-refractivity contribution in [1.82, 2.24) is 0 Å². The van der Waals surface area contributed by atoms with E-state index in [9.17, 15) is 19.2 Å². The minimum atomic E-state index is -1.07. The molecular weight excluding hydrogens is 486 g/mol. The third-order valence-corrected chi connectivity index (χ3v) is 5.86. The number of hydrogen-bond donors (Lipinski definition) is 3. The highest BCUT2D eigenvalue weighted by Gasteiger charge is 2.39. The van der Waals surface area contributed by atoms with Crippen molar-refractivity contribution in [3.8, 4) is 5.75 Å². The molecule has 0 unspecified atom stereocenters. The fourth-order valence-electron chi connectivity index (χ4n) is 3.51. The molecule has 0 atom stereocenters. The molecule has 4 rings (SSSR count). The van der Waals surface area contributed by atoms with Crippen molar-refractivity contribution >= 4 is 52.4 Å². The molecule has 3 aromatic rings. The molecule has 3 amide bonds. The molecule has 0 aliphatic carbocycles. The van der Waals surface area contributed by atoms with E-state index in [1.165, 1.54) is 37.4 Å². The minimum Gasteiger partial charge on any atom is -0.497 e. The van der Waals surface area contributed by atoms with E-state index in [1.807, 2.05) is 0 Å². The summed E-state index contributed by atoms with van der Waals surface area (Å²) in [5.74, 6) is -2.26. The summed E-state index contributed by atoms with van der Waals surface area (Å²) in [6.07, 6.45) is 0. The van der Waals surface area contributed by atoms with Crippen LogP contribution in [0.1, 0.15) is 26.3 Å². The average Bonchev–Trinajstić information content (AvgIpc) is 3.08. The van der Waals surface area contributed by atoms with Gasteiger partial charge in [0, 0.05) is 16.9 Å². The maximum Gasteiger partial charge on any atom is 0.335 e. The smallest absolute Gasteiger partial charge is 0.335 e. The van der Waals surface area contributed by atoms with E-state index in [0.717, 1.165) is 4.90 Å². The SMILES string of the molecule is COc1ccc(N2C(=O)C(Cl)=C(Nc3cc(C(=O)Nc4ccc(C(=O)O)cc4)ccc3C)C2=O)cc1. The number of carboxylic acid groups (broad SMARTS) is 1. The van der Waals surface area contributed by atoms with Crippen molar-refractivity contribution < 1.29 is 29.0 Å². The van der Waals surface area contributed by atoms with Gasteiger partial charge in [-0.1, -0.05) is 17.7 Å². The Hall–Kier alpha value is -4.63. The topological polar surface area (TPSA) is 125 Å². The predicted octanol–water partition coefficient (Wildman–Crippen LogP) is 4.39. The molecular formula is C26H20ClN3O6. The predicted molar refractivity (Wildman–Crippen MR) is 135 cm³/mol. The lowest BCUT2D eigenvalue weighted by Crippen LogP contribution is -2.32. The molecule has 1 aliphatic rings. The van der Waals surface area contributed by atoms with Crippen LogP contribution in [0.5, 0.6) is 5.75 Å². The molecule has 10 heteroatoms. The molecule has 9 nitrogen and oxygen atoms in total. The van der Waals surface area contributed by atoms with Crippen molar-refractivity contribution in [2.24, 2.45) is 0 Å². The van der Waals surface area contributed by atoms with E-state index in [-0.39, 0.29) is 21.9 Å². The van der Waals surface area contributed by atoms with Gasteiger partial charge in [0.05, 0.1) is 18.4 Å². The number of carbonyl (C=O) groups is 4. The first-order chi connectivity index (χ1) is 17.2. The number of benzene rings is 3. The van der Waals surface area contributed by atoms with Gasteiger partial charge < -0.3 is 20.5 Å². The Morgan fingerprint density at radius 2 is 1.56 bits per heavy atom. The van der Waals surface area contributed by atoms with Gasteiger partial charge in [-0.05, 0) is 73.2 Å². The van der Waals surface area contributed by atoms with Gasteiger partial charge in [-0.2, -0.15) is 0 Å². The first-order valence-electron chi connectivity index (χ1n) is 10.6. The number of carbonyl (C=O) groups excluding carboxylic acids is 3. The molecule has 3 N–H and O–H groups in total. The van der Waals surface area contributed by atoms with Crippen LogP contribution in [0.4, 0.5) is 17.1 Å². The number of aryl methyl sites for hydroxylation is 1. The number of anilines is 3. The third kappa shape index (κ3) is 4.77. The summed E-state index contributed by atoms with van der Waals surface area (Å²) in [6.45, 7) is 1.77. The zero-order valence-corrected chi connectivity index (χ0v) is 19.9. The van der Waals surface area contributed by atoms with Gasteiger partial charge in [-0.3, -0.25) is 14.4 Å². The molecule has 0 spiro atoms. The number of nitrogens with one attached hydrogen (secondary N) is 2. The lowest BCUT2D eigenvalue weighted by molar-refractivity contribution is -0.120. The number of methoxy groups -OCH3 is 1. The van der Waals surface area contributed by atoms with Crippen molar-refractivity contribution in [3.05, 3.63) is 94.1 Å². The largest absolute Gasteiger partial charge is 0.497 e. The summed E-state index contributed by atoms with van der Waals surface area (Å²) in [5, 5.41) is 14.3. The van der Waals surface area contributed by atoms with Crippen LogP contribution >= 0.6 is 11.6 Å². The van der Waals surface area contributed by atoms with Gasteiger partial charge in [0.1, 0.15) is 16.5 Å². The second kappa shape index (κ2) is 9.93. The van der Waals surface area contributed by atoms with Crippen LogP contribution in [0.15, 0.2) is 77.5 Å². The van der Waals surface area contributed by atoms with Crippen molar-refractivity contribution in [3.63, 3.8) is 0 Å². The lowest BCUT2D eigenvalue weighted by Gasteiger charge is -2.16. The highest BCUT2D eigenvalue weighted by Crippen LogP contribution is 2.32. The zero-order valence-electron chi connectivity index (χ0n) is 19.2. The lowest BCUT2D eigenvalue weighted by atomic mass is 10.1. The monoisotopic (exact) mass is 505 g/mol. The number of nitrogens with zero attached hydrogens (tertiary/aromatic N) is 1. The Balaban J connectivity index is 1.54. The maximum atomic E-state index is 13.1. The maximum absolute atomic E-state index is 13.1. The molecule has 0 bridgehead atoms. The minimum absolute atomic E-state index is 0.0967. The normalized spacial score (nSPS) is 13.1. The number of hydrogen-bond acceptors (Lipinski definition) is 6. The number of rotatable bonds is 7. The molecule has 0 saturated carbocycles. The van der Waals surface area contributed by atoms with Gasteiger partial charge >= 0.3 is 5.97 Å². The molecule has 3 aromatic carbocycles. The van der Waals surface area contributed by atoms with Crippen molar-refractivity contribution in [2.75, 3.05) is 22.6 Å². The Labute approximate surface area is 210 Å². The fourth-order valence-corrected chi connectivity index (χ4v) is 3.72. The molecule has 0 fully saturated rings. The molecule has 0 aromatic heterocycles. The van der Waals surface area contributed by atoms with E-state index in [1.54, 1.807) is 43.3 Å². The van der Waals surface area contributed by atoms with Crippen LogP contribution in [-0.4, -0.2) is 35.9 Å². The first kappa shape index (κ1) is 24.5. The molecule has 36 heavy (non-hydrogen) atoms. The van der Waals surface area contributed by atoms with Crippen molar-refractivity contribution in [1.29, 1.82) is 0 Å². The molecule has 182 valence electrons. The summed E-state index contributed by atoms with van der Waals surface area (Å²) in [5.41, 5.74) is 2.12. The summed E-state index contributed by atoms with van der Waals surface area (Å²) < 4.78 is 5.11. The number of amides is 3. The fraction of sp³-hybridized carbons (Fsp3) is 0.0769. The van der Waals surface area contributed by atoms with Crippen LogP contribution in [0, 0.1) is 6.92 Å². The zero-order chi connectivity index (χ0) is 26.0. The summed E-state index contributed by atoms with van der Waals surface area (Å²) in [6, 6.07) is 16.9. The van der Waals surface area contributed by atoms with Crippen molar-refractivity contribution in [2.45, 2.75) is 6.92 Å². The third-order valence-electron chi connectivity index (χ3n) is 5.51. The Kier molecular flexibility index (Phi) is 6.75. The van der Waals surface area contributed by atoms with E-state index in [4.69, 9.17) is 21.4 Å². The van der Waals surface area contributed by atoms with Crippen LogP contribution in [-0.2, 0) is 9.59 Å². The summed E-state index contributed by atoms with van der Waals surface area (Å²) in [7, 11) is 1.51. The Morgan fingerprint density at radius 3 is 2.17 bits per heavy atom. The van der Waals surface area contributed by atoms with Crippen LogP contribution in [0.25, 0.3) is 0 Å². The number of ether oxygens (including phenoxy) is 1. The number of halogens is 1. The van der Waals surface area contributed by atoms with Gasteiger partial charge in [-0.25, -0.2) is 9.69 Å².